The third-order valence-corrected chi connectivity index (χ3v) is 15.6. The summed E-state index contributed by atoms with van der Waals surface area (Å²) in [4.78, 5) is 4.94. The minimum atomic E-state index is -0.172. The van der Waals surface area contributed by atoms with Crippen molar-refractivity contribution < 1.29 is 9.47 Å². The molecule has 0 aliphatic carbocycles. The maximum atomic E-state index is 7.70. The van der Waals surface area contributed by atoms with Crippen LogP contribution in [0.1, 0.15) is 73.9 Å². The van der Waals surface area contributed by atoms with E-state index < -0.39 is 0 Å². The molecule has 4 aliphatic rings. The molecule has 4 heterocycles. The number of hydrogen-bond donors (Lipinski definition) is 0. The van der Waals surface area contributed by atoms with E-state index in [0.29, 0.717) is 5.92 Å². The fourth-order valence-corrected chi connectivity index (χ4v) is 11.8. The number of anilines is 6. The quantitative estimate of drug-likeness (QED) is 0.161. The van der Waals surface area contributed by atoms with Crippen molar-refractivity contribution >= 4 is 80.3 Å². The maximum Gasteiger partial charge on any atom is 0.256 e. The van der Waals surface area contributed by atoms with E-state index in [1.54, 1.807) is 0 Å². The first kappa shape index (κ1) is 43.3. The highest BCUT2D eigenvalue weighted by atomic mass is 16.5. The van der Waals surface area contributed by atoms with Crippen molar-refractivity contribution in [2.75, 3.05) is 9.80 Å². The molecule has 0 atom stereocenters. The second-order valence-electron chi connectivity index (χ2n) is 21.8. The molecular weight excluding hydrogens is 862 g/mol. The van der Waals surface area contributed by atoms with Gasteiger partial charge in [-0.25, -0.2) is 0 Å². The van der Waals surface area contributed by atoms with E-state index in [2.05, 4.69) is 242 Å². The predicted molar refractivity (Wildman–Crippen MR) is 301 cm³/mol. The van der Waals surface area contributed by atoms with Crippen molar-refractivity contribution in [3.05, 3.63) is 203 Å². The lowest BCUT2D eigenvalue weighted by Crippen LogP contribution is -2.64. The summed E-state index contributed by atoms with van der Waals surface area (Å²) in [7, 11) is 0. The van der Waals surface area contributed by atoms with E-state index in [-0.39, 0.29) is 18.8 Å². The van der Waals surface area contributed by atoms with Crippen LogP contribution in [0.3, 0.4) is 0 Å². The zero-order valence-electron chi connectivity index (χ0n) is 42.1. The van der Waals surface area contributed by atoms with Gasteiger partial charge in [-0.15, -0.1) is 0 Å². The minimum Gasteiger partial charge on any atom is -0.456 e. The van der Waals surface area contributed by atoms with Crippen LogP contribution < -0.4 is 52.1 Å². The molecule has 0 fully saturated rings. The Labute approximate surface area is 419 Å². The number of nitrogens with zero attached hydrogens (tertiary/aromatic N) is 2. The SMILES string of the molecule is Cc1ccc(N2c3ccc(C)cc3B3c4cc(-c5ccc(C(C)(C)C)cc5)ccc4Oc4c3c2c2c3c4N(c4ccc(C)cc4)c4ccc(C)cc4B3c3cc(-c4ccc(C(C)C)cc4)ccc3O2)cc1. The highest BCUT2D eigenvalue weighted by Crippen LogP contribution is 2.54. The van der Waals surface area contributed by atoms with Gasteiger partial charge in [0.25, 0.3) is 13.4 Å². The molecule has 6 heteroatoms. The molecule has 4 aliphatic heterocycles. The third-order valence-electron chi connectivity index (χ3n) is 15.6. The number of rotatable bonds is 5. The Morgan fingerprint density at radius 1 is 0.408 bits per heavy atom. The first-order chi connectivity index (χ1) is 34.3. The van der Waals surface area contributed by atoms with Crippen LogP contribution in [0, 0.1) is 27.7 Å². The van der Waals surface area contributed by atoms with Crippen molar-refractivity contribution in [1.82, 2.24) is 0 Å². The number of ether oxygens (including phenoxy) is 2. The van der Waals surface area contributed by atoms with Crippen LogP contribution in [-0.2, 0) is 5.41 Å². The smallest absolute Gasteiger partial charge is 0.256 e. The van der Waals surface area contributed by atoms with Gasteiger partial charge in [0.2, 0.25) is 0 Å². The van der Waals surface area contributed by atoms with Gasteiger partial charge in [-0.05, 0) is 143 Å². The molecule has 9 aromatic carbocycles. The Morgan fingerprint density at radius 3 is 1.21 bits per heavy atom. The second kappa shape index (κ2) is 15.9. The van der Waals surface area contributed by atoms with Crippen molar-refractivity contribution in [3.63, 3.8) is 0 Å². The van der Waals surface area contributed by atoms with E-state index in [0.717, 1.165) is 84.5 Å². The molecule has 13 rings (SSSR count). The Kier molecular flexibility index (Phi) is 9.72. The summed E-state index contributed by atoms with van der Waals surface area (Å²) < 4.78 is 15.4. The molecule has 4 nitrogen and oxygen atoms in total. The first-order valence-corrected chi connectivity index (χ1v) is 25.3. The average molecular weight is 919 g/mol. The lowest BCUT2D eigenvalue weighted by Gasteiger charge is -2.47. The van der Waals surface area contributed by atoms with Crippen LogP contribution in [0.4, 0.5) is 34.1 Å². The molecule has 344 valence electrons. The summed E-state index contributed by atoms with van der Waals surface area (Å²) in [5.74, 6) is 3.94. The monoisotopic (exact) mass is 918 g/mol. The van der Waals surface area contributed by atoms with E-state index in [9.17, 15) is 0 Å². The molecule has 0 amide bonds. The molecule has 0 radical (unpaired) electrons. The third kappa shape index (κ3) is 6.82. The highest BCUT2D eigenvalue weighted by Gasteiger charge is 2.52. The van der Waals surface area contributed by atoms with Crippen LogP contribution in [0.15, 0.2) is 170 Å². The van der Waals surface area contributed by atoms with Gasteiger partial charge in [0, 0.05) is 33.7 Å². The molecule has 9 aromatic rings. The standard InChI is InChI=1S/C65H56B2N2O2/c1-38(2)43-16-18-44(19-17-43)46-22-32-57-53(36-46)66-51-34-41(5)14-30-55(51)68(49-26-10-39(3)11-27-49)61-59(66)63(70-57)62-60-64(61)71-58-33-23-47(45-20-24-48(25-21-45)65(7,8)9)37-54(58)67(60)52-35-42(6)15-31-56(52)69(62)50-28-12-40(4)13-29-50/h10-38H,1-9H3. The van der Waals surface area contributed by atoms with Crippen LogP contribution in [-0.4, -0.2) is 13.4 Å². The largest absolute Gasteiger partial charge is 0.456 e. The Morgan fingerprint density at radius 2 is 0.803 bits per heavy atom. The summed E-state index contributed by atoms with van der Waals surface area (Å²) in [6, 6.07) is 63.8. The van der Waals surface area contributed by atoms with Gasteiger partial charge >= 0.3 is 0 Å². The molecule has 0 N–H and O–H groups in total. The summed E-state index contributed by atoms with van der Waals surface area (Å²) >= 11 is 0. The van der Waals surface area contributed by atoms with E-state index in [1.165, 1.54) is 61.0 Å². The zero-order chi connectivity index (χ0) is 48.6. The molecule has 0 saturated carbocycles. The lowest BCUT2D eigenvalue weighted by molar-refractivity contribution is 0.477. The highest BCUT2D eigenvalue weighted by molar-refractivity contribution is 7.02. The fourth-order valence-electron chi connectivity index (χ4n) is 11.8. The van der Waals surface area contributed by atoms with E-state index in [4.69, 9.17) is 9.47 Å². The number of aryl methyl sites for hydroxylation is 4. The van der Waals surface area contributed by atoms with Crippen LogP contribution in [0.25, 0.3) is 22.3 Å². The molecule has 0 bridgehead atoms. The van der Waals surface area contributed by atoms with Crippen LogP contribution in [0.5, 0.6) is 23.0 Å². The van der Waals surface area contributed by atoms with Gasteiger partial charge in [-0.2, -0.15) is 0 Å². The normalized spacial score (nSPS) is 13.7. The minimum absolute atomic E-state index is 0.0596. The molecule has 0 saturated heterocycles. The van der Waals surface area contributed by atoms with Crippen molar-refractivity contribution in [2.45, 2.75) is 73.6 Å². The summed E-state index contributed by atoms with van der Waals surface area (Å²) in [5, 5.41) is 0. The van der Waals surface area contributed by atoms with Gasteiger partial charge in [0.05, 0.1) is 11.4 Å². The maximum absolute atomic E-state index is 7.70. The topological polar surface area (TPSA) is 24.9 Å². The van der Waals surface area contributed by atoms with E-state index in [1.807, 2.05) is 0 Å². The Hall–Kier alpha value is -7.69. The average Bonchev–Trinajstić information content (AvgIpc) is 3.37. The molecule has 0 unspecified atom stereocenters. The van der Waals surface area contributed by atoms with Gasteiger partial charge in [-0.3, -0.25) is 0 Å². The van der Waals surface area contributed by atoms with Crippen molar-refractivity contribution in [1.29, 1.82) is 0 Å². The summed E-state index contributed by atoms with van der Waals surface area (Å²) in [5.41, 5.74) is 25.8. The second-order valence-corrected chi connectivity index (χ2v) is 21.8. The molecule has 0 aromatic heterocycles. The lowest BCUT2D eigenvalue weighted by atomic mass is 9.31. The van der Waals surface area contributed by atoms with Gasteiger partial charge in [0.15, 0.2) is 0 Å². The summed E-state index contributed by atoms with van der Waals surface area (Å²) in [6.07, 6.45) is 0. The number of benzene rings is 9. The van der Waals surface area contributed by atoms with E-state index >= 15 is 0 Å². The number of hydrogen-bond acceptors (Lipinski definition) is 4. The van der Waals surface area contributed by atoms with Gasteiger partial charge < -0.3 is 19.3 Å². The predicted octanol–water partition coefficient (Wildman–Crippen LogP) is 13.5. The van der Waals surface area contributed by atoms with Crippen LogP contribution >= 0.6 is 0 Å². The summed E-state index contributed by atoms with van der Waals surface area (Å²) in [6.45, 7) is 19.7. The van der Waals surface area contributed by atoms with Crippen LogP contribution in [0.2, 0.25) is 0 Å². The Bertz CT molecular complexity index is 3650. The number of fused-ring (bicyclic) bond motifs is 10. The molecule has 71 heavy (non-hydrogen) atoms. The van der Waals surface area contributed by atoms with Gasteiger partial charge in [-0.1, -0.05) is 178 Å². The Balaban J connectivity index is 1.14. The molecular formula is C65H56B2N2O2. The fraction of sp³-hybridized carbons (Fsp3) is 0.169. The van der Waals surface area contributed by atoms with Crippen molar-refractivity contribution in [3.8, 4) is 45.3 Å². The van der Waals surface area contributed by atoms with Crippen molar-refractivity contribution in [2.24, 2.45) is 0 Å². The van der Waals surface area contributed by atoms with Gasteiger partial charge in [0.1, 0.15) is 23.0 Å². The molecule has 0 spiro atoms. The zero-order valence-corrected chi connectivity index (χ0v) is 42.1. The first-order valence-electron chi connectivity index (χ1n) is 25.3.